The van der Waals surface area contributed by atoms with Crippen molar-refractivity contribution in [2.24, 2.45) is 0 Å². The lowest BCUT2D eigenvalue weighted by molar-refractivity contribution is -0.166. The minimum Gasteiger partial charge on any atom is -0.444 e. The van der Waals surface area contributed by atoms with Crippen molar-refractivity contribution in [2.75, 3.05) is 17.7 Å². The first-order valence-electron chi connectivity index (χ1n) is 15.5. The molecule has 3 aliphatic rings. The van der Waals surface area contributed by atoms with E-state index in [-0.39, 0.29) is 22.6 Å². The average molecular weight is 653 g/mol. The van der Waals surface area contributed by atoms with Crippen LogP contribution in [0.4, 0.5) is 10.6 Å². The van der Waals surface area contributed by atoms with Crippen molar-refractivity contribution in [1.82, 2.24) is 24.6 Å². The lowest BCUT2D eigenvalue weighted by atomic mass is 10.0. The van der Waals surface area contributed by atoms with E-state index in [1.54, 1.807) is 54.6 Å². The number of ether oxygens (including phenoxy) is 4. The van der Waals surface area contributed by atoms with Crippen molar-refractivity contribution in [3.05, 3.63) is 47.9 Å². The summed E-state index contributed by atoms with van der Waals surface area (Å²) in [6.45, 7) is 11.1. The maximum absolute atomic E-state index is 14.2. The first-order valence-corrected chi connectivity index (χ1v) is 16.5. The molecule has 0 bridgehead atoms. The first kappa shape index (κ1) is 32.4. The molecule has 13 nitrogen and oxygen atoms in total. The fraction of sp³-hybridized carbons (Fsp3) is 0.562. The van der Waals surface area contributed by atoms with Crippen LogP contribution >= 0.6 is 11.8 Å². The van der Waals surface area contributed by atoms with Crippen molar-refractivity contribution in [1.29, 1.82) is 0 Å². The van der Waals surface area contributed by atoms with Gasteiger partial charge in [-0.15, -0.1) is 0 Å². The number of anilines is 1. The van der Waals surface area contributed by atoms with Crippen molar-refractivity contribution < 1.29 is 33.3 Å². The summed E-state index contributed by atoms with van der Waals surface area (Å²) in [5.41, 5.74) is 0.986. The normalized spacial score (nSPS) is 25.8. The Kier molecular flexibility index (Phi) is 8.83. The van der Waals surface area contributed by atoms with Crippen molar-refractivity contribution in [3.8, 4) is 0 Å². The number of nitrogens with one attached hydrogen (secondary N) is 1. The fourth-order valence-electron chi connectivity index (χ4n) is 6.31. The van der Waals surface area contributed by atoms with Crippen LogP contribution < -0.4 is 5.32 Å². The van der Waals surface area contributed by atoms with Crippen LogP contribution in [0.3, 0.4) is 0 Å². The highest BCUT2D eigenvalue weighted by molar-refractivity contribution is 8.13. The minimum atomic E-state index is -0.960. The summed E-state index contributed by atoms with van der Waals surface area (Å²) in [5.74, 6) is -0.818. The number of carbonyl (C=O) groups is 3. The Hall–Kier alpha value is -3.59. The maximum atomic E-state index is 14.2. The SMILES string of the molecule is CC(=O)SC[C@H]1[C@@H]2OC(C)(C)OC2[C@H](c2c3ncnc(NC(=O)c4ccccc4)c3nn2C2CCCCO2)N1C(=O)OC(C)(C)C. The third-order valence-electron chi connectivity index (χ3n) is 8.07. The molecule has 0 radical (unpaired) electrons. The van der Waals surface area contributed by atoms with Crippen molar-refractivity contribution in [2.45, 2.75) is 103 Å². The second-order valence-electron chi connectivity index (χ2n) is 13.2. The topological polar surface area (TPSA) is 147 Å². The Labute approximate surface area is 271 Å². The van der Waals surface area contributed by atoms with Gasteiger partial charge in [-0.1, -0.05) is 30.0 Å². The van der Waals surface area contributed by atoms with Crippen LogP contribution in [0, 0.1) is 0 Å². The number of thioether (sulfide) groups is 1. The van der Waals surface area contributed by atoms with Gasteiger partial charge in [0.05, 0.1) is 11.7 Å². The van der Waals surface area contributed by atoms with Gasteiger partial charge in [0, 0.05) is 24.8 Å². The maximum Gasteiger partial charge on any atom is 0.411 e. The van der Waals surface area contributed by atoms with Crippen LogP contribution in [0.5, 0.6) is 0 Å². The highest BCUT2D eigenvalue weighted by Crippen LogP contribution is 2.50. The van der Waals surface area contributed by atoms with Gasteiger partial charge >= 0.3 is 6.09 Å². The molecule has 3 saturated heterocycles. The first-order chi connectivity index (χ1) is 21.8. The molecule has 1 N–H and O–H groups in total. The summed E-state index contributed by atoms with van der Waals surface area (Å²) in [4.78, 5) is 50.2. The zero-order chi connectivity index (χ0) is 32.8. The summed E-state index contributed by atoms with van der Waals surface area (Å²) >= 11 is 1.11. The van der Waals surface area contributed by atoms with Gasteiger partial charge in [-0.3, -0.25) is 14.5 Å². The number of hydrogen-bond acceptors (Lipinski definition) is 11. The van der Waals surface area contributed by atoms with Gasteiger partial charge in [-0.05, 0) is 66.0 Å². The Morgan fingerprint density at radius 2 is 1.80 bits per heavy atom. The fourth-order valence-corrected chi connectivity index (χ4v) is 7.07. The zero-order valence-corrected chi connectivity index (χ0v) is 27.7. The number of nitrogens with zero attached hydrogens (tertiary/aromatic N) is 5. The molecule has 5 atom stereocenters. The number of benzene rings is 1. The van der Waals surface area contributed by atoms with Gasteiger partial charge in [0.1, 0.15) is 35.7 Å². The molecule has 14 heteroatoms. The number of likely N-dealkylation sites (tertiary alicyclic amines) is 1. The molecule has 3 aromatic rings. The van der Waals surface area contributed by atoms with Gasteiger partial charge < -0.3 is 24.3 Å². The number of hydrogen-bond donors (Lipinski definition) is 1. The van der Waals surface area contributed by atoms with E-state index in [1.165, 1.54) is 13.3 Å². The van der Waals surface area contributed by atoms with E-state index >= 15 is 0 Å². The molecule has 0 spiro atoms. The Morgan fingerprint density at radius 3 is 2.48 bits per heavy atom. The molecule has 0 saturated carbocycles. The summed E-state index contributed by atoms with van der Waals surface area (Å²) in [6, 6.07) is 7.46. The van der Waals surface area contributed by atoms with E-state index in [2.05, 4.69) is 15.3 Å². The molecule has 1 aromatic carbocycles. The summed E-state index contributed by atoms with van der Waals surface area (Å²) < 4.78 is 26.9. The van der Waals surface area contributed by atoms with Gasteiger partial charge in [-0.2, -0.15) is 5.10 Å². The number of rotatable bonds is 6. The van der Waals surface area contributed by atoms with Crippen LogP contribution in [0.25, 0.3) is 11.0 Å². The number of aromatic nitrogens is 4. The summed E-state index contributed by atoms with van der Waals surface area (Å²) in [6.07, 6.45) is 1.60. The molecule has 246 valence electrons. The quantitative estimate of drug-likeness (QED) is 0.373. The second kappa shape index (κ2) is 12.5. The van der Waals surface area contributed by atoms with E-state index in [0.717, 1.165) is 24.6 Å². The minimum absolute atomic E-state index is 0.0834. The molecule has 2 amide bonds. The zero-order valence-electron chi connectivity index (χ0n) is 26.9. The molecule has 6 rings (SSSR count). The predicted octanol–water partition coefficient (Wildman–Crippen LogP) is 5.24. The summed E-state index contributed by atoms with van der Waals surface area (Å²) in [7, 11) is 0. The highest BCUT2D eigenvalue weighted by Gasteiger charge is 2.61. The van der Waals surface area contributed by atoms with Gasteiger partial charge in [0.2, 0.25) is 0 Å². The van der Waals surface area contributed by atoms with Gasteiger partial charge in [-0.25, -0.2) is 19.4 Å². The van der Waals surface area contributed by atoms with E-state index in [0.29, 0.717) is 35.3 Å². The van der Waals surface area contributed by atoms with Crippen molar-refractivity contribution >= 4 is 45.7 Å². The van der Waals surface area contributed by atoms with E-state index in [1.807, 2.05) is 19.9 Å². The molecule has 0 aliphatic carbocycles. The largest absolute Gasteiger partial charge is 0.444 e. The monoisotopic (exact) mass is 652 g/mol. The number of fused-ring (bicyclic) bond motifs is 2. The van der Waals surface area contributed by atoms with Crippen molar-refractivity contribution in [3.63, 3.8) is 0 Å². The van der Waals surface area contributed by atoms with E-state index < -0.39 is 48.0 Å². The molecular weight excluding hydrogens is 612 g/mol. The molecule has 5 heterocycles. The molecule has 2 aromatic heterocycles. The lowest BCUT2D eigenvalue weighted by Crippen LogP contribution is -2.47. The summed E-state index contributed by atoms with van der Waals surface area (Å²) in [5, 5.41) is 7.77. The van der Waals surface area contributed by atoms with Gasteiger partial charge in [0.25, 0.3) is 5.91 Å². The molecule has 3 aliphatic heterocycles. The van der Waals surface area contributed by atoms with Crippen LogP contribution in [0.1, 0.15) is 89.1 Å². The number of carbonyl (C=O) groups excluding carboxylic acids is 3. The van der Waals surface area contributed by atoms with Crippen LogP contribution in [-0.4, -0.2) is 83.8 Å². The molecule has 46 heavy (non-hydrogen) atoms. The predicted molar refractivity (Wildman–Crippen MR) is 170 cm³/mol. The third-order valence-corrected chi connectivity index (χ3v) is 8.98. The van der Waals surface area contributed by atoms with Gasteiger partial charge in [0.15, 0.2) is 28.5 Å². The molecular formula is C32H40N6O7S. The van der Waals surface area contributed by atoms with Crippen LogP contribution in [-0.2, 0) is 23.7 Å². The Morgan fingerprint density at radius 1 is 1.07 bits per heavy atom. The molecule has 2 unspecified atom stereocenters. The average Bonchev–Trinajstić information content (AvgIpc) is 3.62. The third kappa shape index (κ3) is 6.48. The van der Waals surface area contributed by atoms with E-state index in [4.69, 9.17) is 24.0 Å². The van der Waals surface area contributed by atoms with Crippen LogP contribution in [0.2, 0.25) is 0 Å². The Bertz CT molecular complexity index is 1620. The Balaban J connectivity index is 1.52. The second-order valence-corrected chi connectivity index (χ2v) is 14.4. The molecule has 3 fully saturated rings. The smallest absolute Gasteiger partial charge is 0.411 e. The van der Waals surface area contributed by atoms with E-state index in [9.17, 15) is 14.4 Å². The lowest BCUT2D eigenvalue weighted by Gasteiger charge is -2.36. The number of amides is 2. The van der Waals surface area contributed by atoms with Crippen LogP contribution in [0.15, 0.2) is 36.7 Å². The highest BCUT2D eigenvalue weighted by atomic mass is 32.2. The standard InChI is InChI=1S/C32H40N6O7S/c1-18(39)46-16-20-26-27(44-32(5,6)43-26)25(37(20)30(41)45-31(2,3)4)24-22-23(36-38(24)21-14-10-11-15-42-21)28(34-17-33-22)35-29(40)19-12-8-7-9-13-19/h7-9,12-13,17,20-21,25-27H,10-11,14-16H2,1-6H3,(H,33,34,35,40)/t20-,21?,25-,26-,27?/m0/s1.